The third-order valence-corrected chi connectivity index (χ3v) is 3.15. The Balaban J connectivity index is 2.07. The van der Waals surface area contributed by atoms with Gasteiger partial charge in [0.15, 0.2) is 0 Å². The molecule has 1 N–H and O–H groups in total. The van der Waals surface area contributed by atoms with E-state index in [0.717, 1.165) is 18.7 Å². The SMILES string of the molecule is O=C(O)CC1CCN(c2cccc([N+](=O)[O-])c2)C1. The Bertz CT molecular complexity index is 475. The zero-order valence-electron chi connectivity index (χ0n) is 9.78. The van der Waals surface area contributed by atoms with Crippen LogP contribution in [0.15, 0.2) is 24.3 Å². The van der Waals surface area contributed by atoms with Crippen LogP contribution >= 0.6 is 0 Å². The van der Waals surface area contributed by atoms with Crippen molar-refractivity contribution < 1.29 is 14.8 Å². The lowest BCUT2D eigenvalue weighted by Gasteiger charge is -2.18. The summed E-state index contributed by atoms with van der Waals surface area (Å²) in [5.74, 6) is -0.664. The second-order valence-corrected chi connectivity index (χ2v) is 4.48. The molecule has 18 heavy (non-hydrogen) atoms. The molecule has 0 aromatic heterocycles. The molecule has 1 saturated heterocycles. The first kappa shape index (κ1) is 12.3. The predicted octanol–water partition coefficient (Wildman–Crippen LogP) is 1.90. The fourth-order valence-electron chi connectivity index (χ4n) is 2.28. The number of rotatable bonds is 4. The highest BCUT2D eigenvalue weighted by molar-refractivity contribution is 5.67. The molecule has 96 valence electrons. The van der Waals surface area contributed by atoms with Crippen LogP contribution in [0, 0.1) is 16.0 Å². The Kier molecular flexibility index (Phi) is 3.45. The second-order valence-electron chi connectivity index (χ2n) is 4.48. The van der Waals surface area contributed by atoms with Gasteiger partial charge in [-0.25, -0.2) is 0 Å². The zero-order valence-corrected chi connectivity index (χ0v) is 9.78. The molecule has 1 aliphatic rings. The maximum absolute atomic E-state index is 10.7. The van der Waals surface area contributed by atoms with Crippen molar-refractivity contribution in [1.82, 2.24) is 0 Å². The number of benzene rings is 1. The van der Waals surface area contributed by atoms with E-state index in [4.69, 9.17) is 5.11 Å². The highest BCUT2D eigenvalue weighted by Crippen LogP contribution is 2.28. The molecule has 6 heteroatoms. The Labute approximate surface area is 104 Å². The lowest BCUT2D eigenvalue weighted by atomic mass is 10.1. The van der Waals surface area contributed by atoms with Crippen molar-refractivity contribution in [3.8, 4) is 0 Å². The van der Waals surface area contributed by atoms with Crippen LogP contribution in [-0.4, -0.2) is 29.1 Å². The first-order valence-corrected chi connectivity index (χ1v) is 5.77. The molecule has 1 fully saturated rings. The summed E-state index contributed by atoms with van der Waals surface area (Å²) in [4.78, 5) is 22.9. The lowest BCUT2D eigenvalue weighted by Crippen LogP contribution is -2.20. The minimum atomic E-state index is -0.791. The molecule has 1 unspecified atom stereocenters. The van der Waals surface area contributed by atoms with Gasteiger partial charge >= 0.3 is 5.97 Å². The summed E-state index contributed by atoms with van der Waals surface area (Å²) in [6.45, 7) is 1.40. The lowest BCUT2D eigenvalue weighted by molar-refractivity contribution is -0.384. The van der Waals surface area contributed by atoms with Crippen LogP contribution < -0.4 is 4.90 Å². The summed E-state index contributed by atoms with van der Waals surface area (Å²) in [5.41, 5.74) is 0.853. The number of anilines is 1. The Morgan fingerprint density at radius 1 is 1.56 bits per heavy atom. The van der Waals surface area contributed by atoms with Crippen LogP contribution in [0.2, 0.25) is 0 Å². The van der Waals surface area contributed by atoms with E-state index in [1.165, 1.54) is 12.1 Å². The van der Waals surface area contributed by atoms with Gasteiger partial charge in [-0.1, -0.05) is 6.07 Å². The molecule has 0 bridgehead atoms. The van der Waals surface area contributed by atoms with E-state index >= 15 is 0 Å². The summed E-state index contributed by atoms with van der Waals surface area (Å²) in [6.07, 6.45) is 0.973. The van der Waals surface area contributed by atoms with Gasteiger partial charge in [0.05, 0.1) is 4.92 Å². The Morgan fingerprint density at radius 3 is 3.00 bits per heavy atom. The van der Waals surface area contributed by atoms with Gasteiger partial charge in [-0.2, -0.15) is 0 Å². The number of carbonyl (C=O) groups is 1. The molecule has 0 aliphatic carbocycles. The van der Waals surface area contributed by atoms with Gasteiger partial charge in [-0.15, -0.1) is 0 Å². The van der Waals surface area contributed by atoms with Crippen molar-refractivity contribution in [3.63, 3.8) is 0 Å². The van der Waals surface area contributed by atoms with E-state index in [1.807, 2.05) is 11.0 Å². The molecule has 1 aliphatic heterocycles. The van der Waals surface area contributed by atoms with E-state index in [0.29, 0.717) is 6.54 Å². The van der Waals surface area contributed by atoms with Crippen LogP contribution in [0.1, 0.15) is 12.8 Å². The standard InChI is InChI=1S/C12H14N2O4/c15-12(16)6-9-4-5-13(8-9)10-2-1-3-11(7-10)14(17)18/h1-3,7,9H,4-6,8H2,(H,15,16). The van der Waals surface area contributed by atoms with Gasteiger partial charge in [0.2, 0.25) is 0 Å². The fourth-order valence-corrected chi connectivity index (χ4v) is 2.28. The quantitative estimate of drug-likeness (QED) is 0.651. The number of carboxylic acid groups (broad SMARTS) is 1. The Hall–Kier alpha value is -2.11. The van der Waals surface area contributed by atoms with Crippen molar-refractivity contribution in [2.75, 3.05) is 18.0 Å². The topological polar surface area (TPSA) is 83.7 Å². The predicted molar refractivity (Wildman–Crippen MR) is 65.7 cm³/mol. The fraction of sp³-hybridized carbons (Fsp3) is 0.417. The van der Waals surface area contributed by atoms with E-state index in [2.05, 4.69) is 0 Å². The van der Waals surface area contributed by atoms with Crippen molar-refractivity contribution in [1.29, 1.82) is 0 Å². The average Bonchev–Trinajstić information content (AvgIpc) is 2.77. The number of nitro benzene ring substituents is 1. The molecule has 6 nitrogen and oxygen atoms in total. The molecule has 0 radical (unpaired) electrons. The number of aliphatic carboxylic acids is 1. The Morgan fingerprint density at radius 2 is 2.33 bits per heavy atom. The van der Waals surface area contributed by atoms with Crippen LogP contribution in [0.4, 0.5) is 11.4 Å². The first-order valence-electron chi connectivity index (χ1n) is 5.77. The third kappa shape index (κ3) is 2.77. The van der Waals surface area contributed by atoms with Gasteiger partial charge in [0.1, 0.15) is 0 Å². The maximum Gasteiger partial charge on any atom is 0.303 e. The number of nitro groups is 1. The van der Waals surface area contributed by atoms with Gasteiger partial charge < -0.3 is 10.0 Å². The minimum Gasteiger partial charge on any atom is -0.481 e. The first-order chi connectivity index (χ1) is 8.56. The van der Waals surface area contributed by atoms with Gasteiger partial charge in [-0.05, 0) is 18.4 Å². The van der Waals surface area contributed by atoms with Crippen molar-refractivity contribution in [2.45, 2.75) is 12.8 Å². The molecule has 2 rings (SSSR count). The monoisotopic (exact) mass is 250 g/mol. The van der Waals surface area contributed by atoms with Crippen molar-refractivity contribution in [2.24, 2.45) is 5.92 Å². The molecular weight excluding hydrogens is 236 g/mol. The average molecular weight is 250 g/mol. The number of nitrogens with zero attached hydrogens (tertiary/aromatic N) is 2. The molecule has 0 saturated carbocycles. The van der Waals surface area contributed by atoms with Crippen LogP contribution in [0.25, 0.3) is 0 Å². The molecule has 0 spiro atoms. The molecular formula is C12H14N2O4. The van der Waals surface area contributed by atoms with Crippen molar-refractivity contribution >= 4 is 17.3 Å². The molecule has 0 amide bonds. The maximum atomic E-state index is 10.7. The van der Waals surface area contributed by atoms with Crippen LogP contribution in [0.3, 0.4) is 0 Å². The smallest absolute Gasteiger partial charge is 0.303 e. The molecule has 1 heterocycles. The highest BCUT2D eigenvalue weighted by Gasteiger charge is 2.25. The van der Waals surface area contributed by atoms with Gasteiger partial charge in [-0.3, -0.25) is 14.9 Å². The van der Waals surface area contributed by atoms with Crippen molar-refractivity contribution in [3.05, 3.63) is 34.4 Å². The van der Waals surface area contributed by atoms with E-state index in [-0.39, 0.29) is 18.0 Å². The van der Waals surface area contributed by atoms with Gasteiger partial charge in [0, 0.05) is 37.3 Å². The number of carboxylic acids is 1. The summed E-state index contributed by atoms with van der Waals surface area (Å²) in [7, 11) is 0. The summed E-state index contributed by atoms with van der Waals surface area (Å²) >= 11 is 0. The summed E-state index contributed by atoms with van der Waals surface area (Å²) in [5, 5.41) is 19.4. The van der Waals surface area contributed by atoms with E-state index in [1.54, 1.807) is 6.07 Å². The highest BCUT2D eigenvalue weighted by atomic mass is 16.6. The number of non-ortho nitro benzene ring substituents is 1. The van der Waals surface area contributed by atoms with E-state index < -0.39 is 10.9 Å². The van der Waals surface area contributed by atoms with Crippen LogP contribution in [-0.2, 0) is 4.79 Å². The molecule has 1 atom stereocenters. The molecule has 1 aromatic carbocycles. The third-order valence-electron chi connectivity index (χ3n) is 3.15. The normalized spacial score (nSPS) is 18.9. The summed E-state index contributed by atoms with van der Waals surface area (Å²) in [6, 6.07) is 6.45. The number of hydrogen-bond donors (Lipinski definition) is 1. The van der Waals surface area contributed by atoms with Crippen LogP contribution in [0.5, 0.6) is 0 Å². The van der Waals surface area contributed by atoms with E-state index in [9.17, 15) is 14.9 Å². The molecule has 1 aromatic rings. The van der Waals surface area contributed by atoms with Gasteiger partial charge in [0.25, 0.3) is 5.69 Å². The zero-order chi connectivity index (χ0) is 13.1. The number of hydrogen-bond acceptors (Lipinski definition) is 4. The largest absolute Gasteiger partial charge is 0.481 e. The summed E-state index contributed by atoms with van der Waals surface area (Å²) < 4.78 is 0. The minimum absolute atomic E-state index is 0.0641. The second kappa shape index (κ2) is 5.03.